The van der Waals surface area contributed by atoms with E-state index >= 15 is 0 Å². The fraction of sp³-hybridized carbons (Fsp3) is 0.318. The van der Waals surface area contributed by atoms with Crippen LogP contribution in [0.5, 0.6) is 0 Å². The minimum absolute atomic E-state index is 0.106. The van der Waals surface area contributed by atoms with Crippen LogP contribution in [0.15, 0.2) is 54.6 Å². The largest absolute Gasteiger partial charge is 0.463 e. The molecule has 0 saturated carbocycles. The molecule has 0 spiro atoms. The number of fused-ring (bicyclic) bond motifs is 1. The Kier molecular flexibility index (Phi) is 6.76. The van der Waals surface area contributed by atoms with Gasteiger partial charge >= 0.3 is 5.97 Å². The molecule has 1 unspecified atom stereocenters. The Balaban J connectivity index is 1.62. The Bertz CT molecular complexity index is 904. The first kappa shape index (κ1) is 20.0. The van der Waals surface area contributed by atoms with Gasteiger partial charge in [-0.25, -0.2) is 4.98 Å². The molecule has 1 N–H and O–H groups in total. The molecule has 28 heavy (non-hydrogen) atoms. The average Bonchev–Trinajstić information content (AvgIpc) is 3.09. The molecular formula is C22H24N2O3S. The van der Waals surface area contributed by atoms with Crippen LogP contribution in [0, 0.1) is 0 Å². The molecule has 2 aromatic carbocycles. The third kappa shape index (κ3) is 5.63. The van der Waals surface area contributed by atoms with Crippen molar-refractivity contribution in [1.29, 1.82) is 0 Å². The maximum Gasteiger partial charge on any atom is 0.308 e. The molecule has 5 nitrogen and oxygen atoms in total. The van der Waals surface area contributed by atoms with E-state index in [9.17, 15) is 9.59 Å². The van der Waals surface area contributed by atoms with Crippen molar-refractivity contribution in [2.75, 3.05) is 0 Å². The molecule has 1 atom stereocenters. The average molecular weight is 397 g/mol. The summed E-state index contributed by atoms with van der Waals surface area (Å²) in [4.78, 5) is 29.2. The number of amides is 1. The number of ether oxygens (including phenoxy) is 1. The lowest BCUT2D eigenvalue weighted by molar-refractivity contribution is -0.148. The second kappa shape index (κ2) is 9.46. The van der Waals surface area contributed by atoms with Crippen molar-refractivity contribution in [3.63, 3.8) is 0 Å². The number of carbonyl (C=O) groups excluding carboxylic acids is 2. The summed E-state index contributed by atoms with van der Waals surface area (Å²) in [6, 6.07) is 17.0. The van der Waals surface area contributed by atoms with Crippen molar-refractivity contribution in [2.45, 2.75) is 45.3 Å². The smallest absolute Gasteiger partial charge is 0.308 e. The number of hydrogen-bond acceptors (Lipinski definition) is 5. The van der Waals surface area contributed by atoms with Crippen LogP contribution in [-0.2, 0) is 20.7 Å². The van der Waals surface area contributed by atoms with Crippen LogP contribution < -0.4 is 5.32 Å². The van der Waals surface area contributed by atoms with Crippen LogP contribution in [0.1, 0.15) is 43.3 Å². The lowest BCUT2D eigenvalue weighted by atomic mass is 10.0. The van der Waals surface area contributed by atoms with E-state index in [1.807, 2.05) is 68.4 Å². The minimum Gasteiger partial charge on any atom is -0.463 e. The summed E-state index contributed by atoms with van der Waals surface area (Å²) in [7, 11) is 0. The normalized spacial score (nSPS) is 12.1. The topological polar surface area (TPSA) is 68.3 Å². The first-order valence-electron chi connectivity index (χ1n) is 9.39. The summed E-state index contributed by atoms with van der Waals surface area (Å²) in [6.07, 6.45) is 0.819. The molecule has 1 amide bonds. The molecule has 0 radical (unpaired) electrons. The predicted octanol–water partition coefficient (Wildman–Crippen LogP) is 4.43. The number of hydrogen-bond donors (Lipinski definition) is 1. The maximum absolute atomic E-state index is 12.5. The summed E-state index contributed by atoms with van der Waals surface area (Å²) in [5.74, 6) is -0.430. The van der Waals surface area contributed by atoms with Crippen LogP contribution in [-0.4, -0.2) is 23.0 Å². The number of rotatable bonds is 8. The van der Waals surface area contributed by atoms with Gasteiger partial charge in [-0.3, -0.25) is 9.59 Å². The van der Waals surface area contributed by atoms with Crippen LogP contribution in [0.2, 0.25) is 0 Å². The van der Waals surface area contributed by atoms with Crippen molar-refractivity contribution in [3.8, 4) is 0 Å². The molecule has 0 aliphatic carbocycles. The van der Waals surface area contributed by atoms with Crippen LogP contribution >= 0.6 is 11.3 Å². The van der Waals surface area contributed by atoms with E-state index in [0.29, 0.717) is 12.8 Å². The van der Waals surface area contributed by atoms with Crippen molar-refractivity contribution < 1.29 is 14.3 Å². The van der Waals surface area contributed by atoms with Gasteiger partial charge in [0.25, 0.3) is 0 Å². The third-order valence-electron chi connectivity index (χ3n) is 4.18. The zero-order valence-electron chi connectivity index (χ0n) is 16.1. The van der Waals surface area contributed by atoms with E-state index in [2.05, 4.69) is 10.3 Å². The molecule has 0 saturated heterocycles. The minimum atomic E-state index is -0.407. The molecule has 1 aromatic heterocycles. The fourth-order valence-corrected chi connectivity index (χ4v) is 3.90. The van der Waals surface area contributed by atoms with E-state index in [1.54, 1.807) is 11.3 Å². The fourth-order valence-electron chi connectivity index (χ4n) is 2.93. The van der Waals surface area contributed by atoms with Gasteiger partial charge in [0.2, 0.25) is 5.91 Å². The number of esters is 1. The lowest BCUT2D eigenvalue weighted by Crippen LogP contribution is -2.31. The van der Waals surface area contributed by atoms with Gasteiger partial charge in [-0.2, -0.15) is 0 Å². The van der Waals surface area contributed by atoms with Crippen LogP contribution in [0.4, 0.5) is 0 Å². The highest BCUT2D eigenvalue weighted by Crippen LogP contribution is 2.23. The quantitative estimate of drug-likeness (QED) is 0.572. The molecule has 146 valence electrons. The van der Waals surface area contributed by atoms with Gasteiger partial charge in [0, 0.05) is 12.8 Å². The Hall–Kier alpha value is -2.73. The van der Waals surface area contributed by atoms with Gasteiger partial charge in [-0.1, -0.05) is 42.5 Å². The number of para-hydroxylation sites is 1. The standard InChI is InChI=1S/C22H24N2O3S/c1-15(2)27-22(26)14-18(16-8-4-3-5-9-16)23-20(25)12-13-21-24-17-10-6-7-11-19(17)28-21/h3-11,15,18H,12-14H2,1-2H3,(H,23,25). The highest BCUT2D eigenvalue weighted by atomic mass is 32.1. The van der Waals surface area contributed by atoms with Crippen LogP contribution in [0.25, 0.3) is 10.2 Å². The summed E-state index contributed by atoms with van der Waals surface area (Å²) in [5.41, 5.74) is 1.85. The number of aromatic nitrogens is 1. The molecule has 6 heteroatoms. The predicted molar refractivity (Wildman–Crippen MR) is 111 cm³/mol. The van der Waals surface area contributed by atoms with Crippen molar-refractivity contribution in [2.24, 2.45) is 0 Å². The highest BCUT2D eigenvalue weighted by molar-refractivity contribution is 7.18. The zero-order chi connectivity index (χ0) is 19.9. The third-order valence-corrected chi connectivity index (χ3v) is 5.28. The lowest BCUT2D eigenvalue weighted by Gasteiger charge is -2.19. The van der Waals surface area contributed by atoms with E-state index < -0.39 is 6.04 Å². The maximum atomic E-state index is 12.5. The second-order valence-electron chi connectivity index (χ2n) is 6.85. The number of nitrogens with one attached hydrogen (secondary N) is 1. The van der Waals surface area contributed by atoms with Gasteiger partial charge in [0.15, 0.2) is 0 Å². The van der Waals surface area contributed by atoms with Gasteiger partial charge in [-0.15, -0.1) is 11.3 Å². The molecule has 0 fully saturated rings. The molecular weight excluding hydrogens is 372 g/mol. The van der Waals surface area contributed by atoms with Gasteiger partial charge in [0.1, 0.15) is 0 Å². The molecule has 3 aromatic rings. The zero-order valence-corrected chi connectivity index (χ0v) is 16.9. The van der Waals surface area contributed by atoms with Crippen LogP contribution in [0.3, 0.4) is 0 Å². The summed E-state index contributed by atoms with van der Waals surface area (Å²) < 4.78 is 6.37. The van der Waals surface area contributed by atoms with E-state index in [-0.39, 0.29) is 24.4 Å². The monoisotopic (exact) mass is 396 g/mol. The SMILES string of the molecule is CC(C)OC(=O)CC(NC(=O)CCc1nc2ccccc2s1)c1ccccc1. The number of carbonyl (C=O) groups is 2. The van der Waals surface area contributed by atoms with Gasteiger partial charge in [0.05, 0.1) is 33.8 Å². The van der Waals surface area contributed by atoms with Crippen molar-refractivity contribution >= 4 is 33.4 Å². The molecule has 3 rings (SSSR count). The first-order chi connectivity index (χ1) is 13.5. The first-order valence-corrected chi connectivity index (χ1v) is 10.2. The van der Waals surface area contributed by atoms with E-state index in [1.165, 1.54) is 0 Å². The van der Waals surface area contributed by atoms with E-state index in [4.69, 9.17) is 4.74 Å². The van der Waals surface area contributed by atoms with Gasteiger partial charge in [-0.05, 0) is 31.5 Å². The number of aryl methyl sites for hydroxylation is 1. The molecule has 0 bridgehead atoms. The van der Waals surface area contributed by atoms with Gasteiger partial charge < -0.3 is 10.1 Å². The second-order valence-corrected chi connectivity index (χ2v) is 7.96. The Morgan fingerprint density at radius 2 is 1.79 bits per heavy atom. The summed E-state index contributed by atoms with van der Waals surface area (Å²) in [6.45, 7) is 3.62. The van der Waals surface area contributed by atoms with Crippen molar-refractivity contribution in [1.82, 2.24) is 10.3 Å². The summed E-state index contributed by atoms with van der Waals surface area (Å²) >= 11 is 1.61. The number of thiazole rings is 1. The number of benzene rings is 2. The Labute approximate surface area is 168 Å². The Morgan fingerprint density at radius 3 is 2.50 bits per heavy atom. The molecule has 0 aliphatic heterocycles. The van der Waals surface area contributed by atoms with Crippen molar-refractivity contribution in [3.05, 3.63) is 65.2 Å². The molecule has 0 aliphatic rings. The Morgan fingerprint density at radius 1 is 1.07 bits per heavy atom. The molecule has 1 heterocycles. The van der Waals surface area contributed by atoms with E-state index in [0.717, 1.165) is 20.8 Å². The number of nitrogens with zero attached hydrogens (tertiary/aromatic N) is 1. The highest BCUT2D eigenvalue weighted by Gasteiger charge is 2.20. The summed E-state index contributed by atoms with van der Waals surface area (Å²) in [5, 5.41) is 3.92.